The van der Waals surface area contributed by atoms with E-state index in [2.05, 4.69) is 48.2 Å². The molecule has 38 heavy (non-hydrogen) atoms. The van der Waals surface area contributed by atoms with Gasteiger partial charge in [-0.3, -0.25) is 10.1 Å². The highest BCUT2D eigenvalue weighted by Gasteiger charge is 2.37. The molecule has 1 heterocycles. The fourth-order valence-electron chi connectivity index (χ4n) is 3.11. The first-order valence-electron chi connectivity index (χ1n) is 12.0. The van der Waals surface area contributed by atoms with Crippen LogP contribution in [0.2, 0.25) is 0 Å². The number of rotatable bonds is 14. The summed E-state index contributed by atoms with van der Waals surface area (Å²) in [5, 5.41) is 13.6. The average molecular weight is 557 g/mol. The number of nitrogens with zero attached hydrogens (tertiary/aromatic N) is 2. The van der Waals surface area contributed by atoms with Crippen LogP contribution in [-0.2, 0) is 11.0 Å². The Morgan fingerprint density at radius 3 is 2.18 bits per heavy atom. The minimum absolute atomic E-state index is 0.0356. The highest BCUT2D eigenvalue weighted by molar-refractivity contribution is 7.99. The first-order chi connectivity index (χ1) is 17.7. The van der Waals surface area contributed by atoms with Crippen LogP contribution in [0.3, 0.4) is 0 Å². The van der Waals surface area contributed by atoms with Gasteiger partial charge in [-0.25, -0.2) is 19.6 Å². The molecule has 210 valence electrons. The number of amides is 2. The van der Waals surface area contributed by atoms with Crippen LogP contribution in [0.4, 0.5) is 23.9 Å². The van der Waals surface area contributed by atoms with Gasteiger partial charge in [0, 0.05) is 17.7 Å². The highest BCUT2D eigenvalue weighted by atomic mass is 32.2. The number of hydrogen-bond acceptors (Lipinski definition) is 6. The van der Waals surface area contributed by atoms with Gasteiger partial charge in [0.05, 0.1) is 5.56 Å². The third-order valence-corrected chi connectivity index (χ3v) is 6.19. The number of Topliss-reactive ketones (excluding diaryl/α,β-unsaturated/α-hetero) is 1. The number of carboxylic acid groups (broad SMARTS) is 1. The van der Waals surface area contributed by atoms with Crippen LogP contribution in [0.1, 0.15) is 76.4 Å². The molecule has 8 nitrogen and oxygen atoms in total. The van der Waals surface area contributed by atoms with Gasteiger partial charge in [-0.05, 0) is 60.3 Å². The Kier molecular flexibility index (Phi) is 13.8. The molecule has 0 aromatic carbocycles. The van der Waals surface area contributed by atoms with Crippen molar-refractivity contribution < 1.29 is 32.7 Å². The lowest BCUT2D eigenvalue weighted by molar-refractivity contribution is -0.141. The van der Waals surface area contributed by atoms with Crippen molar-refractivity contribution in [2.45, 2.75) is 72.5 Å². The van der Waals surface area contributed by atoms with Crippen molar-refractivity contribution in [1.29, 1.82) is 0 Å². The second kappa shape index (κ2) is 16.0. The molecule has 1 rings (SSSR count). The first-order valence-corrected chi connectivity index (χ1v) is 13.1. The summed E-state index contributed by atoms with van der Waals surface area (Å²) in [6.07, 6.45) is 6.01. The first kappa shape index (κ1) is 32.9. The predicted octanol–water partition coefficient (Wildman–Crippen LogP) is 6.43. The number of anilines is 1. The van der Waals surface area contributed by atoms with Crippen molar-refractivity contribution in [3.8, 4) is 0 Å². The van der Waals surface area contributed by atoms with E-state index in [1.807, 2.05) is 18.3 Å². The number of allylic oxidation sites excluding steroid dienone is 5. The summed E-state index contributed by atoms with van der Waals surface area (Å²) >= 11 is 1.29. The molecule has 0 aliphatic rings. The molecule has 0 fully saturated rings. The summed E-state index contributed by atoms with van der Waals surface area (Å²) in [6.45, 7) is 9.21. The van der Waals surface area contributed by atoms with Crippen LogP contribution in [0.25, 0.3) is 0 Å². The zero-order valence-electron chi connectivity index (χ0n) is 22.2. The fraction of sp³-hybridized carbons (Fsp3) is 0.500. The van der Waals surface area contributed by atoms with Crippen LogP contribution in [-0.4, -0.2) is 50.4 Å². The zero-order chi connectivity index (χ0) is 28.9. The number of nitrogens with one attached hydrogen (secondary N) is 2. The van der Waals surface area contributed by atoms with Gasteiger partial charge < -0.3 is 10.4 Å². The topological polar surface area (TPSA) is 121 Å². The smallest absolute Gasteiger partial charge is 0.434 e. The molecule has 1 aromatic rings. The van der Waals surface area contributed by atoms with Gasteiger partial charge in [0.15, 0.2) is 11.5 Å². The summed E-state index contributed by atoms with van der Waals surface area (Å²) in [7, 11) is 0. The Labute approximate surface area is 225 Å². The Hall–Kier alpha value is -3.15. The number of carboxylic acids is 1. The van der Waals surface area contributed by atoms with Crippen LogP contribution < -0.4 is 10.6 Å². The molecule has 0 saturated heterocycles. The minimum Gasteiger partial charge on any atom is -0.480 e. The van der Waals surface area contributed by atoms with E-state index in [1.165, 1.54) is 22.9 Å². The van der Waals surface area contributed by atoms with Gasteiger partial charge >= 0.3 is 18.2 Å². The standard InChI is InChI=1S/C26H35F3N4O4S/c1-16(2)8-6-9-17(3)10-7-11-18(4)12-13-38-15-21(23(35)36)31-25(37)33-24-30-14-20(19(5)34)22(32-24)26(27,28)29/h8,10,12,14,21H,6-7,9,11,13,15H2,1-5H3,(H,35,36)(H2,30,31,32,33,37)/b17-10+,18-12+. The van der Waals surface area contributed by atoms with Gasteiger partial charge in [-0.1, -0.05) is 34.9 Å². The number of carbonyl (C=O) groups is 3. The van der Waals surface area contributed by atoms with Crippen LogP contribution in [0.15, 0.2) is 41.1 Å². The van der Waals surface area contributed by atoms with Crippen LogP contribution in [0, 0.1) is 0 Å². The molecule has 0 aliphatic carbocycles. The minimum atomic E-state index is -4.94. The molecule has 0 bridgehead atoms. The van der Waals surface area contributed by atoms with Gasteiger partial charge in [0.25, 0.3) is 0 Å². The van der Waals surface area contributed by atoms with Crippen molar-refractivity contribution in [1.82, 2.24) is 15.3 Å². The monoisotopic (exact) mass is 556 g/mol. The number of carbonyl (C=O) groups excluding carboxylic acids is 2. The summed E-state index contributed by atoms with van der Waals surface area (Å²) in [5.41, 5.74) is 1.58. The van der Waals surface area contributed by atoms with Crippen molar-refractivity contribution in [3.63, 3.8) is 0 Å². The molecular formula is C26H35F3N4O4S. The van der Waals surface area contributed by atoms with Crippen LogP contribution in [0.5, 0.6) is 0 Å². The summed E-state index contributed by atoms with van der Waals surface area (Å²) < 4.78 is 39.6. The number of urea groups is 1. The molecule has 1 aromatic heterocycles. The number of thioether (sulfide) groups is 1. The molecule has 2 amide bonds. The molecule has 1 atom stereocenters. The maximum absolute atomic E-state index is 13.2. The quantitative estimate of drug-likeness (QED) is 0.137. The van der Waals surface area contributed by atoms with Gasteiger partial charge in [0.1, 0.15) is 6.04 Å². The SMILES string of the molecule is CC(=O)c1cnc(NC(=O)NC(CSC/C=C(\C)CC/C=C(\C)CCC=C(C)C)C(=O)O)nc1C(F)(F)F. The lowest BCUT2D eigenvalue weighted by atomic mass is 10.1. The lowest BCUT2D eigenvalue weighted by Crippen LogP contribution is -2.45. The van der Waals surface area contributed by atoms with E-state index in [0.29, 0.717) is 11.9 Å². The van der Waals surface area contributed by atoms with E-state index in [4.69, 9.17) is 0 Å². The highest BCUT2D eigenvalue weighted by Crippen LogP contribution is 2.31. The Balaban J connectivity index is 2.58. The molecule has 0 saturated carbocycles. The Morgan fingerprint density at radius 1 is 1.03 bits per heavy atom. The second-order valence-electron chi connectivity index (χ2n) is 9.00. The van der Waals surface area contributed by atoms with Crippen LogP contribution >= 0.6 is 11.8 Å². The molecule has 1 unspecified atom stereocenters. The van der Waals surface area contributed by atoms with Gasteiger partial charge in [0.2, 0.25) is 5.95 Å². The second-order valence-corrected chi connectivity index (χ2v) is 10.1. The Bertz CT molecular complexity index is 1080. The molecule has 0 aliphatic heterocycles. The predicted molar refractivity (Wildman–Crippen MR) is 143 cm³/mol. The van der Waals surface area contributed by atoms with Crippen molar-refractivity contribution in [2.24, 2.45) is 0 Å². The average Bonchev–Trinajstić information content (AvgIpc) is 2.79. The van der Waals surface area contributed by atoms with E-state index < -0.39 is 47.2 Å². The van der Waals surface area contributed by atoms with E-state index in [1.54, 1.807) is 0 Å². The zero-order valence-corrected chi connectivity index (χ0v) is 23.1. The number of aromatic nitrogens is 2. The number of aliphatic carboxylic acids is 1. The number of ketones is 1. The Morgan fingerprint density at radius 2 is 1.63 bits per heavy atom. The number of hydrogen-bond donors (Lipinski definition) is 3. The van der Waals surface area contributed by atoms with E-state index in [-0.39, 0.29) is 5.75 Å². The lowest BCUT2D eigenvalue weighted by Gasteiger charge is -2.15. The van der Waals surface area contributed by atoms with E-state index >= 15 is 0 Å². The molecule has 0 radical (unpaired) electrons. The largest absolute Gasteiger partial charge is 0.480 e. The van der Waals surface area contributed by atoms with Gasteiger partial charge in [-0.2, -0.15) is 24.9 Å². The van der Waals surface area contributed by atoms with E-state index in [9.17, 15) is 32.7 Å². The summed E-state index contributed by atoms with van der Waals surface area (Å²) in [5.74, 6) is -2.33. The van der Waals surface area contributed by atoms with E-state index in [0.717, 1.165) is 38.2 Å². The van der Waals surface area contributed by atoms with Crippen molar-refractivity contribution in [3.05, 3.63) is 52.4 Å². The number of alkyl halides is 3. The third kappa shape index (κ3) is 12.9. The summed E-state index contributed by atoms with van der Waals surface area (Å²) in [6, 6.07) is -2.38. The number of halogens is 3. The van der Waals surface area contributed by atoms with Gasteiger partial charge in [-0.15, -0.1) is 0 Å². The van der Waals surface area contributed by atoms with Crippen molar-refractivity contribution in [2.75, 3.05) is 16.8 Å². The third-order valence-electron chi connectivity index (χ3n) is 5.22. The fourth-order valence-corrected chi connectivity index (χ4v) is 4.11. The molecular weight excluding hydrogens is 521 g/mol. The molecule has 0 spiro atoms. The maximum atomic E-state index is 13.2. The molecule has 3 N–H and O–H groups in total. The summed E-state index contributed by atoms with van der Waals surface area (Å²) in [4.78, 5) is 41.9. The maximum Gasteiger partial charge on any atom is 0.434 e. The molecule has 12 heteroatoms. The van der Waals surface area contributed by atoms with Crippen molar-refractivity contribution >= 4 is 35.5 Å². The normalized spacial score (nSPS) is 13.1.